The van der Waals surface area contributed by atoms with Crippen LogP contribution < -0.4 is 10.4 Å². The zero-order chi connectivity index (χ0) is 24.0. The van der Waals surface area contributed by atoms with Gasteiger partial charge in [-0.3, -0.25) is 9.59 Å². The number of amides is 2. The molecule has 0 fully saturated rings. The molecule has 0 aliphatic carbocycles. The molecule has 8 heteroatoms. The molecule has 0 aliphatic heterocycles. The molecule has 3 rings (SSSR count). The number of carboxylic acid groups (broad SMARTS) is 1. The average molecular weight is 467 g/mol. The third-order valence-electron chi connectivity index (χ3n) is 4.54. The van der Waals surface area contributed by atoms with Gasteiger partial charge < -0.3 is 9.84 Å². The van der Waals surface area contributed by atoms with Gasteiger partial charge in [-0.25, -0.2) is 15.2 Å². The summed E-state index contributed by atoms with van der Waals surface area (Å²) in [5.74, 6) is -1.33. The summed E-state index contributed by atoms with van der Waals surface area (Å²) in [5, 5.41) is 12.0. The number of benzene rings is 2. The summed E-state index contributed by atoms with van der Waals surface area (Å²) in [7, 11) is 0. The third kappa shape index (κ3) is 6.92. The van der Waals surface area contributed by atoms with Gasteiger partial charge in [0.25, 0.3) is 5.91 Å². The molecule has 0 saturated carbocycles. The van der Waals surface area contributed by atoms with Gasteiger partial charge >= 0.3 is 12.1 Å². The van der Waals surface area contributed by atoms with Gasteiger partial charge in [0.15, 0.2) is 0 Å². The summed E-state index contributed by atoms with van der Waals surface area (Å²) in [5.41, 5.74) is 4.37. The Balaban J connectivity index is 1.90. The second-order valence-electron chi connectivity index (χ2n) is 8.37. The number of hydrogen-bond donors (Lipinski definition) is 2. The van der Waals surface area contributed by atoms with Crippen molar-refractivity contribution >= 4 is 35.0 Å². The van der Waals surface area contributed by atoms with E-state index in [1.165, 1.54) is 0 Å². The van der Waals surface area contributed by atoms with Gasteiger partial charge in [0.1, 0.15) is 5.60 Å². The van der Waals surface area contributed by atoms with Crippen LogP contribution in [0.15, 0.2) is 66.0 Å². The first-order valence-electron chi connectivity index (χ1n) is 10.4. The highest BCUT2D eigenvalue weighted by molar-refractivity contribution is 7.13. The monoisotopic (exact) mass is 466 g/mol. The number of hydrogen-bond acceptors (Lipinski definition) is 5. The molecule has 0 radical (unpaired) electrons. The number of carbonyl (C=O) groups is 3. The number of nitrogens with zero attached hydrogens (tertiary/aromatic N) is 1. The molecule has 2 amide bonds. The van der Waals surface area contributed by atoms with Crippen LogP contribution in [0.25, 0.3) is 10.4 Å². The Morgan fingerprint density at radius 1 is 1.03 bits per heavy atom. The Morgan fingerprint density at radius 2 is 1.76 bits per heavy atom. The Morgan fingerprint density at radius 3 is 2.36 bits per heavy atom. The van der Waals surface area contributed by atoms with Crippen LogP contribution in [0.4, 0.5) is 10.5 Å². The molecular formula is C25H26N2O5S. The predicted octanol–water partition coefficient (Wildman–Crippen LogP) is 5.52. The Kier molecular flexibility index (Phi) is 7.50. The highest BCUT2D eigenvalue weighted by Crippen LogP contribution is 2.28. The van der Waals surface area contributed by atoms with Crippen molar-refractivity contribution in [2.45, 2.75) is 39.2 Å². The number of nitrogens with one attached hydrogen (secondary N) is 1. The molecule has 2 aromatic carbocycles. The number of anilines is 1. The molecule has 33 heavy (non-hydrogen) atoms. The number of rotatable bonds is 6. The second kappa shape index (κ2) is 10.3. The van der Waals surface area contributed by atoms with Crippen LogP contribution in [0, 0.1) is 0 Å². The average Bonchev–Trinajstić information content (AvgIpc) is 3.30. The molecule has 1 heterocycles. The van der Waals surface area contributed by atoms with E-state index in [1.54, 1.807) is 62.4 Å². The molecule has 0 aliphatic rings. The maximum absolute atomic E-state index is 13.4. The molecule has 2 N–H and O–H groups in total. The fraction of sp³-hybridized carbons (Fsp3) is 0.240. The van der Waals surface area contributed by atoms with Crippen LogP contribution >= 0.6 is 11.3 Å². The molecule has 0 bridgehead atoms. The molecule has 172 valence electrons. The lowest BCUT2D eigenvalue weighted by Gasteiger charge is -2.26. The van der Waals surface area contributed by atoms with Crippen molar-refractivity contribution in [2.24, 2.45) is 0 Å². The topological polar surface area (TPSA) is 95.9 Å². The van der Waals surface area contributed by atoms with Gasteiger partial charge in [0.05, 0.1) is 5.69 Å². The molecule has 0 spiro atoms. The summed E-state index contributed by atoms with van der Waals surface area (Å²) in [6.45, 7) is 5.23. The number of carbonyl (C=O) groups excluding carboxylic acids is 2. The van der Waals surface area contributed by atoms with E-state index in [0.29, 0.717) is 17.7 Å². The number of carboxylic acids is 1. The van der Waals surface area contributed by atoms with Gasteiger partial charge in [-0.2, -0.15) is 0 Å². The van der Waals surface area contributed by atoms with E-state index in [1.807, 2.05) is 35.7 Å². The maximum Gasteiger partial charge on any atom is 0.427 e. The van der Waals surface area contributed by atoms with E-state index in [0.717, 1.165) is 21.0 Å². The zero-order valence-corrected chi connectivity index (χ0v) is 19.5. The zero-order valence-electron chi connectivity index (χ0n) is 18.7. The Hall–Kier alpha value is -3.65. The van der Waals surface area contributed by atoms with Crippen molar-refractivity contribution in [3.63, 3.8) is 0 Å². The summed E-state index contributed by atoms with van der Waals surface area (Å²) < 4.78 is 5.35. The predicted molar refractivity (Wildman–Crippen MR) is 128 cm³/mol. The largest absolute Gasteiger partial charge is 0.481 e. The Bertz CT molecular complexity index is 1120. The molecule has 0 unspecified atom stereocenters. The Labute approximate surface area is 196 Å². The van der Waals surface area contributed by atoms with Crippen molar-refractivity contribution < 1.29 is 24.2 Å². The second-order valence-corrected chi connectivity index (χ2v) is 9.32. The summed E-state index contributed by atoms with van der Waals surface area (Å²) in [6.07, 6.45) is -0.378. The highest BCUT2D eigenvalue weighted by atomic mass is 32.1. The van der Waals surface area contributed by atoms with Crippen LogP contribution in [0.1, 0.15) is 43.1 Å². The first-order valence-corrected chi connectivity index (χ1v) is 11.3. The molecule has 0 saturated heterocycles. The van der Waals surface area contributed by atoms with Crippen molar-refractivity contribution in [3.05, 3.63) is 77.2 Å². The van der Waals surface area contributed by atoms with Gasteiger partial charge in [-0.15, -0.1) is 11.3 Å². The van der Waals surface area contributed by atoms with Crippen molar-refractivity contribution in [1.82, 2.24) is 5.43 Å². The number of ether oxygens (including phenoxy) is 1. The normalized spacial score (nSPS) is 11.0. The quantitative estimate of drug-likeness (QED) is 0.467. The van der Waals surface area contributed by atoms with Crippen molar-refractivity contribution in [3.8, 4) is 10.4 Å². The maximum atomic E-state index is 13.4. The van der Waals surface area contributed by atoms with E-state index in [4.69, 9.17) is 9.84 Å². The molecule has 1 aromatic heterocycles. The van der Waals surface area contributed by atoms with Crippen molar-refractivity contribution in [1.29, 1.82) is 0 Å². The highest BCUT2D eigenvalue weighted by Gasteiger charge is 2.24. The van der Waals surface area contributed by atoms with Gasteiger partial charge in [-0.05, 0) is 74.0 Å². The number of hydrazine groups is 1. The van der Waals surface area contributed by atoms with Crippen LogP contribution in [0.3, 0.4) is 0 Å². The van der Waals surface area contributed by atoms with E-state index in [2.05, 4.69) is 5.43 Å². The van der Waals surface area contributed by atoms with Crippen LogP contribution in [-0.2, 0) is 16.0 Å². The van der Waals surface area contributed by atoms with Gasteiger partial charge in [0.2, 0.25) is 0 Å². The SMILES string of the molecule is CC(C)(C)OC(=O)NN(C(=O)c1ccc(CCC(=O)O)cc1)c1cccc(-c2cccs2)c1. The van der Waals surface area contributed by atoms with Crippen LogP contribution in [0.5, 0.6) is 0 Å². The van der Waals surface area contributed by atoms with Crippen LogP contribution in [-0.4, -0.2) is 28.7 Å². The standard InChI is InChI=1S/C25H26N2O5S/c1-25(2,3)32-24(31)26-27(20-7-4-6-19(16-20)21-8-5-15-33-21)23(30)18-12-9-17(10-13-18)11-14-22(28)29/h4-10,12-13,15-16H,11,14H2,1-3H3,(H,26,31)(H,28,29). The lowest BCUT2D eigenvalue weighted by molar-refractivity contribution is -0.136. The lowest BCUT2D eigenvalue weighted by Crippen LogP contribution is -2.48. The molecule has 3 aromatic rings. The summed E-state index contributed by atoms with van der Waals surface area (Å²) >= 11 is 1.57. The third-order valence-corrected chi connectivity index (χ3v) is 5.46. The summed E-state index contributed by atoms with van der Waals surface area (Å²) in [4.78, 5) is 37.7. The number of aryl methyl sites for hydroxylation is 1. The van der Waals surface area contributed by atoms with Gasteiger partial charge in [0, 0.05) is 16.9 Å². The first-order chi connectivity index (χ1) is 15.6. The number of thiophene rings is 1. The van der Waals surface area contributed by atoms with Gasteiger partial charge in [-0.1, -0.05) is 30.3 Å². The fourth-order valence-corrected chi connectivity index (χ4v) is 3.78. The van der Waals surface area contributed by atoms with E-state index in [9.17, 15) is 14.4 Å². The molecular weight excluding hydrogens is 440 g/mol. The van der Waals surface area contributed by atoms with E-state index >= 15 is 0 Å². The number of aliphatic carboxylic acids is 1. The smallest absolute Gasteiger partial charge is 0.427 e. The fourth-order valence-electron chi connectivity index (χ4n) is 3.06. The summed E-state index contributed by atoms with van der Waals surface area (Å²) in [6, 6.07) is 17.9. The van der Waals surface area contributed by atoms with E-state index < -0.39 is 23.6 Å². The first kappa shape index (κ1) is 24.0. The van der Waals surface area contributed by atoms with Crippen LogP contribution in [0.2, 0.25) is 0 Å². The molecule has 7 nitrogen and oxygen atoms in total. The van der Waals surface area contributed by atoms with Crippen molar-refractivity contribution in [2.75, 3.05) is 5.01 Å². The lowest BCUT2D eigenvalue weighted by atomic mass is 10.1. The minimum absolute atomic E-state index is 0.00906. The van der Waals surface area contributed by atoms with E-state index in [-0.39, 0.29) is 6.42 Å². The minimum atomic E-state index is -0.881. The molecule has 0 atom stereocenters. The minimum Gasteiger partial charge on any atom is -0.481 e.